The fourth-order valence-corrected chi connectivity index (χ4v) is 3.42. The molecule has 22 heavy (non-hydrogen) atoms. The standard InChI is InChI=1S/C18H23N3O/c1-2-16-12-17(22-20-16)13-21-10-8-18(14-19,9-11-21)15-6-4-3-5-7-15/h3-7,17H,2,8-13H2,1H3/t17-/m0/s1. The van der Waals surface area contributed by atoms with Crippen LogP contribution < -0.4 is 0 Å². The van der Waals surface area contributed by atoms with Crippen LogP contribution in [0.25, 0.3) is 0 Å². The molecule has 0 bridgehead atoms. The maximum atomic E-state index is 9.72. The van der Waals surface area contributed by atoms with Crippen LogP contribution in [0.5, 0.6) is 0 Å². The molecule has 1 aromatic carbocycles. The Kier molecular flexibility index (Phi) is 4.44. The van der Waals surface area contributed by atoms with Gasteiger partial charge in [-0.1, -0.05) is 42.4 Å². The number of piperidine rings is 1. The first-order valence-electron chi connectivity index (χ1n) is 8.16. The van der Waals surface area contributed by atoms with Gasteiger partial charge in [-0.3, -0.25) is 4.90 Å². The predicted molar refractivity (Wildman–Crippen MR) is 86.6 cm³/mol. The second kappa shape index (κ2) is 6.50. The molecule has 4 heteroatoms. The Morgan fingerprint density at radius 1 is 1.32 bits per heavy atom. The van der Waals surface area contributed by atoms with Gasteiger partial charge in [0.25, 0.3) is 0 Å². The second-order valence-corrected chi connectivity index (χ2v) is 6.30. The number of rotatable bonds is 4. The molecule has 0 unspecified atom stereocenters. The SMILES string of the molecule is CCC1=NO[C@H](CN2CCC(C#N)(c3ccccc3)CC2)C1. The molecular formula is C18H23N3O. The zero-order chi connectivity index (χ0) is 15.4. The van der Waals surface area contributed by atoms with Crippen LogP contribution in [0, 0.1) is 11.3 Å². The summed E-state index contributed by atoms with van der Waals surface area (Å²) in [5.41, 5.74) is 2.00. The van der Waals surface area contributed by atoms with Crippen LogP contribution in [0.2, 0.25) is 0 Å². The van der Waals surface area contributed by atoms with Crippen molar-refractivity contribution in [3.8, 4) is 6.07 Å². The van der Waals surface area contributed by atoms with E-state index in [0.717, 1.165) is 56.6 Å². The summed E-state index contributed by atoms with van der Waals surface area (Å²) in [4.78, 5) is 7.92. The van der Waals surface area contributed by atoms with Crippen molar-refractivity contribution in [2.75, 3.05) is 19.6 Å². The molecule has 1 fully saturated rings. The molecule has 2 aliphatic rings. The normalized spacial score (nSPS) is 24.4. The van der Waals surface area contributed by atoms with Gasteiger partial charge < -0.3 is 4.84 Å². The van der Waals surface area contributed by atoms with Crippen molar-refractivity contribution in [1.29, 1.82) is 5.26 Å². The number of nitriles is 1. The second-order valence-electron chi connectivity index (χ2n) is 6.30. The van der Waals surface area contributed by atoms with Gasteiger partial charge >= 0.3 is 0 Å². The molecule has 0 spiro atoms. The predicted octanol–water partition coefficient (Wildman–Crippen LogP) is 3.10. The fraction of sp³-hybridized carbons (Fsp3) is 0.556. The third kappa shape index (κ3) is 3.00. The van der Waals surface area contributed by atoms with Gasteiger partial charge in [-0.05, 0) is 24.8 Å². The lowest BCUT2D eigenvalue weighted by atomic mass is 9.74. The third-order valence-corrected chi connectivity index (χ3v) is 4.91. The summed E-state index contributed by atoms with van der Waals surface area (Å²) < 4.78 is 0. The Bertz CT molecular complexity index is 568. The molecule has 0 aromatic heterocycles. The van der Waals surface area contributed by atoms with Gasteiger partial charge in [-0.25, -0.2) is 0 Å². The van der Waals surface area contributed by atoms with Crippen LogP contribution in [0.1, 0.15) is 38.2 Å². The molecule has 0 radical (unpaired) electrons. The van der Waals surface area contributed by atoms with Crippen molar-refractivity contribution < 1.29 is 4.84 Å². The Labute approximate surface area is 132 Å². The third-order valence-electron chi connectivity index (χ3n) is 4.91. The molecule has 3 rings (SSSR count). The smallest absolute Gasteiger partial charge is 0.145 e. The van der Waals surface area contributed by atoms with E-state index in [9.17, 15) is 5.26 Å². The molecule has 2 heterocycles. The summed E-state index contributed by atoms with van der Waals surface area (Å²) in [6.45, 7) is 4.93. The minimum absolute atomic E-state index is 0.196. The molecule has 116 valence electrons. The highest BCUT2D eigenvalue weighted by molar-refractivity contribution is 5.85. The summed E-state index contributed by atoms with van der Waals surface area (Å²) in [6.07, 6.45) is 3.90. The van der Waals surface area contributed by atoms with Gasteiger partial charge in [0.15, 0.2) is 0 Å². The molecule has 0 amide bonds. The minimum Gasteiger partial charge on any atom is -0.391 e. The average molecular weight is 297 g/mol. The number of benzene rings is 1. The highest BCUT2D eigenvalue weighted by Gasteiger charge is 2.37. The van der Waals surface area contributed by atoms with Gasteiger partial charge in [0, 0.05) is 26.1 Å². The van der Waals surface area contributed by atoms with Crippen molar-refractivity contribution in [3.63, 3.8) is 0 Å². The zero-order valence-corrected chi connectivity index (χ0v) is 13.2. The lowest BCUT2D eigenvalue weighted by molar-refractivity contribution is 0.0421. The number of hydrogen-bond donors (Lipinski definition) is 0. The van der Waals surface area contributed by atoms with Gasteiger partial charge in [0.05, 0.1) is 17.2 Å². The number of oxime groups is 1. The molecule has 1 aromatic rings. The van der Waals surface area contributed by atoms with E-state index in [1.165, 1.54) is 0 Å². The Morgan fingerprint density at radius 3 is 2.64 bits per heavy atom. The fourth-order valence-electron chi connectivity index (χ4n) is 3.42. The first kappa shape index (κ1) is 15.1. The van der Waals surface area contributed by atoms with E-state index < -0.39 is 0 Å². The molecule has 1 atom stereocenters. The first-order chi connectivity index (χ1) is 10.8. The van der Waals surface area contributed by atoms with E-state index in [4.69, 9.17) is 4.84 Å². The zero-order valence-electron chi connectivity index (χ0n) is 13.2. The summed E-state index contributed by atoms with van der Waals surface area (Å²) in [7, 11) is 0. The molecule has 1 saturated heterocycles. The number of likely N-dealkylation sites (tertiary alicyclic amines) is 1. The molecule has 0 aliphatic carbocycles. The minimum atomic E-state index is -0.320. The first-order valence-corrected chi connectivity index (χ1v) is 8.16. The molecule has 0 saturated carbocycles. The summed E-state index contributed by atoms with van der Waals surface area (Å²) in [5, 5.41) is 13.9. The van der Waals surface area contributed by atoms with Gasteiger partial charge in [0.1, 0.15) is 6.10 Å². The molecular weight excluding hydrogens is 274 g/mol. The van der Waals surface area contributed by atoms with Crippen LogP contribution in [0.3, 0.4) is 0 Å². The van der Waals surface area contributed by atoms with E-state index in [2.05, 4.69) is 35.2 Å². The molecule has 4 nitrogen and oxygen atoms in total. The van der Waals surface area contributed by atoms with Crippen molar-refractivity contribution in [3.05, 3.63) is 35.9 Å². The highest BCUT2D eigenvalue weighted by atomic mass is 16.6. The topological polar surface area (TPSA) is 48.6 Å². The van der Waals surface area contributed by atoms with E-state index in [1.54, 1.807) is 0 Å². The van der Waals surface area contributed by atoms with Crippen molar-refractivity contribution in [1.82, 2.24) is 4.90 Å². The Balaban J connectivity index is 1.57. The van der Waals surface area contributed by atoms with E-state index in [1.807, 2.05) is 18.2 Å². The average Bonchev–Trinajstić information content (AvgIpc) is 3.04. The Hall–Kier alpha value is -1.86. The maximum Gasteiger partial charge on any atom is 0.145 e. The van der Waals surface area contributed by atoms with Crippen molar-refractivity contribution in [2.24, 2.45) is 5.16 Å². The van der Waals surface area contributed by atoms with E-state index >= 15 is 0 Å². The highest BCUT2D eigenvalue weighted by Crippen LogP contribution is 2.35. The largest absolute Gasteiger partial charge is 0.391 e. The summed E-state index contributed by atoms with van der Waals surface area (Å²) in [6, 6.07) is 12.8. The van der Waals surface area contributed by atoms with Gasteiger partial charge in [-0.2, -0.15) is 5.26 Å². The van der Waals surface area contributed by atoms with Crippen LogP contribution in [0.4, 0.5) is 0 Å². The van der Waals surface area contributed by atoms with Crippen molar-refractivity contribution >= 4 is 5.71 Å². The van der Waals surface area contributed by atoms with Crippen molar-refractivity contribution in [2.45, 2.75) is 44.1 Å². The van der Waals surface area contributed by atoms with Crippen LogP contribution in [-0.4, -0.2) is 36.3 Å². The van der Waals surface area contributed by atoms with Crippen LogP contribution in [-0.2, 0) is 10.3 Å². The van der Waals surface area contributed by atoms with Crippen LogP contribution in [0.15, 0.2) is 35.5 Å². The van der Waals surface area contributed by atoms with Gasteiger partial charge in [0.2, 0.25) is 0 Å². The monoisotopic (exact) mass is 297 g/mol. The van der Waals surface area contributed by atoms with Gasteiger partial charge in [-0.15, -0.1) is 0 Å². The van der Waals surface area contributed by atoms with E-state index in [0.29, 0.717) is 0 Å². The maximum absolute atomic E-state index is 9.72. The lowest BCUT2D eigenvalue weighted by Gasteiger charge is -2.38. The Morgan fingerprint density at radius 2 is 2.05 bits per heavy atom. The number of nitrogens with zero attached hydrogens (tertiary/aromatic N) is 3. The summed E-state index contributed by atoms with van der Waals surface area (Å²) in [5.74, 6) is 0. The van der Waals surface area contributed by atoms with Crippen LogP contribution >= 0.6 is 0 Å². The lowest BCUT2D eigenvalue weighted by Crippen LogP contribution is -2.44. The molecule has 2 aliphatic heterocycles. The van der Waals surface area contributed by atoms with E-state index in [-0.39, 0.29) is 11.5 Å². The quantitative estimate of drug-likeness (QED) is 0.858. The molecule has 0 N–H and O–H groups in total. The number of hydrogen-bond acceptors (Lipinski definition) is 4. The summed E-state index contributed by atoms with van der Waals surface area (Å²) >= 11 is 0.